The fraction of sp³-hybridized carbons (Fsp3) is 0.700. The van der Waals surface area contributed by atoms with Crippen molar-refractivity contribution in [1.29, 1.82) is 0 Å². The van der Waals surface area contributed by atoms with Gasteiger partial charge in [-0.25, -0.2) is 4.99 Å². The number of rotatable bonds is 4. The van der Waals surface area contributed by atoms with Gasteiger partial charge in [0.15, 0.2) is 11.8 Å². The largest absolute Gasteiger partial charge is 0.370 e. The van der Waals surface area contributed by atoms with Crippen LogP contribution in [0.3, 0.4) is 0 Å². The van der Waals surface area contributed by atoms with E-state index in [1.807, 2.05) is 13.8 Å². The number of nitrogens with two attached hydrogens (primary N) is 1. The van der Waals surface area contributed by atoms with Gasteiger partial charge in [-0.3, -0.25) is 0 Å². The molecule has 0 aliphatic heterocycles. The Labute approximate surface area is 94.3 Å². The summed E-state index contributed by atoms with van der Waals surface area (Å²) in [7, 11) is 0. The Bertz CT molecular complexity index is 380. The molecule has 88 valence electrons. The zero-order valence-corrected chi connectivity index (χ0v) is 9.60. The maximum atomic E-state index is 5.65. The molecule has 16 heavy (non-hydrogen) atoms. The molecular weight excluding hydrogens is 206 g/mol. The van der Waals surface area contributed by atoms with Gasteiger partial charge >= 0.3 is 0 Å². The third-order valence-electron chi connectivity index (χ3n) is 2.24. The van der Waals surface area contributed by atoms with Gasteiger partial charge < -0.3 is 15.6 Å². The van der Waals surface area contributed by atoms with E-state index >= 15 is 0 Å². The van der Waals surface area contributed by atoms with Crippen molar-refractivity contribution in [1.82, 2.24) is 15.5 Å². The summed E-state index contributed by atoms with van der Waals surface area (Å²) >= 11 is 0. The first-order valence-corrected chi connectivity index (χ1v) is 5.54. The molecule has 0 radical (unpaired) electrons. The molecule has 0 aromatic carbocycles. The van der Waals surface area contributed by atoms with E-state index < -0.39 is 0 Å². The molecule has 0 spiro atoms. The number of hydrogen-bond donors (Lipinski definition) is 2. The molecule has 1 aromatic rings. The zero-order valence-electron chi connectivity index (χ0n) is 9.60. The standard InChI is InChI=1S/C10H17N5O/c1-6(2)13-10(11)12-5-8-14-9(16-15-8)7-3-4-7/h6-7H,3-5H2,1-2H3,(H3,11,12,13). The molecule has 1 aliphatic carbocycles. The Morgan fingerprint density at radius 3 is 3.00 bits per heavy atom. The number of nitrogens with zero attached hydrogens (tertiary/aromatic N) is 3. The number of hydrogen-bond acceptors (Lipinski definition) is 4. The van der Waals surface area contributed by atoms with Crippen molar-refractivity contribution >= 4 is 5.96 Å². The molecule has 1 fully saturated rings. The van der Waals surface area contributed by atoms with E-state index in [4.69, 9.17) is 10.3 Å². The predicted molar refractivity (Wildman–Crippen MR) is 59.9 cm³/mol. The van der Waals surface area contributed by atoms with Gasteiger partial charge in [-0.2, -0.15) is 4.98 Å². The lowest BCUT2D eigenvalue weighted by Gasteiger charge is -2.07. The summed E-state index contributed by atoms with van der Waals surface area (Å²) < 4.78 is 5.11. The molecule has 1 aromatic heterocycles. The smallest absolute Gasteiger partial charge is 0.229 e. The van der Waals surface area contributed by atoms with Crippen LogP contribution in [0.1, 0.15) is 44.3 Å². The highest BCUT2D eigenvalue weighted by molar-refractivity contribution is 5.77. The van der Waals surface area contributed by atoms with E-state index in [2.05, 4.69) is 20.4 Å². The van der Waals surface area contributed by atoms with Crippen molar-refractivity contribution in [3.8, 4) is 0 Å². The Kier molecular flexibility index (Phi) is 3.07. The molecule has 1 aliphatic rings. The normalized spacial score (nSPS) is 16.8. The molecule has 0 bridgehead atoms. The summed E-state index contributed by atoms with van der Waals surface area (Å²) in [4.78, 5) is 8.38. The molecule has 1 heterocycles. The van der Waals surface area contributed by atoms with E-state index in [-0.39, 0.29) is 6.04 Å². The zero-order chi connectivity index (χ0) is 11.5. The Morgan fingerprint density at radius 1 is 1.62 bits per heavy atom. The molecule has 3 N–H and O–H groups in total. The van der Waals surface area contributed by atoms with Crippen molar-refractivity contribution in [2.45, 2.75) is 45.2 Å². The summed E-state index contributed by atoms with van der Waals surface area (Å²) in [5.41, 5.74) is 5.65. The molecule has 0 saturated heterocycles. The van der Waals surface area contributed by atoms with Gasteiger partial charge in [0.25, 0.3) is 0 Å². The fourth-order valence-electron chi connectivity index (χ4n) is 1.33. The van der Waals surface area contributed by atoms with E-state index in [1.54, 1.807) is 0 Å². The minimum Gasteiger partial charge on any atom is -0.370 e. The van der Waals surface area contributed by atoms with Gasteiger partial charge in [-0.15, -0.1) is 0 Å². The van der Waals surface area contributed by atoms with E-state index in [1.165, 1.54) is 0 Å². The second-order valence-corrected chi connectivity index (χ2v) is 4.32. The van der Waals surface area contributed by atoms with E-state index in [0.29, 0.717) is 24.2 Å². The first-order valence-electron chi connectivity index (χ1n) is 5.54. The lowest BCUT2D eigenvalue weighted by molar-refractivity contribution is 0.374. The van der Waals surface area contributed by atoms with Crippen LogP contribution in [0.5, 0.6) is 0 Å². The summed E-state index contributed by atoms with van der Waals surface area (Å²) in [5, 5.41) is 6.85. The molecule has 2 rings (SSSR count). The van der Waals surface area contributed by atoms with Gasteiger partial charge in [0.2, 0.25) is 5.89 Å². The minimum atomic E-state index is 0.274. The fourth-order valence-corrected chi connectivity index (χ4v) is 1.33. The second kappa shape index (κ2) is 4.51. The summed E-state index contributed by atoms with van der Waals surface area (Å²) in [6.07, 6.45) is 2.31. The van der Waals surface area contributed by atoms with Gasteiger partial charge in [-0.1, -0.05) is 5.16 Å². The topological polar surface area (TPSA) is 89.3 Å². The van der Waals surface area contributed by atoms with Crippen LogP contribution in [0.2, 0.25) is 0 Å². The maximum Gasteiger partial charge on any atom is 0.229 e. The Morgan fingerprint density at radius 2 is 2.38 bits per heavy atom. The van der Waals surface area contributed by atoms with Crippen molar-refractivity contribution in [2.24, 2.45) is 10.7 Å². The summed E-state index contributed by atoms with van der Waals surface area (Å²) in [5.74, 6) is 2.22. The molecule has 1 saturated carbocycles. The monoisotopic (exact) mass is 223 g/mol. The highest BCUT2D eigenvalue weighted by Gasteiger charge is 2.29. The van der Waals surface area contributed by atoms with Gasteiger partial charge in [-0.05, 0) is 26.7 Å². The molecule has 6 heteroatoms. The maximum absolute atomic E-state index is 5.65. The minimum absolute atomic E-state index is 0.274. The summed E-state index contributed by atoms with van der Waals surface area (Å²) in [6.45, 7) is 4.37. The Balaban J connectivity index is 1.88. The Hall–Kier alpha value is -1.59. The average Bonchev–Trinajstić information content (AvgIpc) is 2.94. The van der Waals surface area contributed by atoms with Gasteiger partial charge in [0.1, 0.15) is 6.54 Å². The second-order valence-electron chi connectivity index (χ2n) is 4.32. The third-order valence-corrected chi connectivity index (χ3v) is 2.24. The van der Waals surface area contributed by atoms with Crippen molar-refractivity contribution in [2.75, 3.05) is 0 Å². The highest BCUT2D eigenvalue weighted by Crippen LogP contribution is 2.38. The number of aromatic nitrogens is 2. The number of nitrogens with one attached hydrogen (secondary N) is 1. The third kappa shape index (κ3) is 2.95. The predicted octanol–water partition coefficient (Wildman–Crippen LogP) is 0.760. The lowest BCUT2D eigenvalue weighted by atomic mass is 10.4. The number of aliphatic imine (C=N–C) groups is 1. The van der Waals surface area contributed by atoms with Crippen molar-refractivity contribution in [3.63, 3.8) is 0 Å². The molecular formula is C10H17N5O. The molecule has 0 atom stereocenters. The van der Waals surface area contributed by atoms with E-state index in [9.17, 15) is 0 Å². The first kappa shape index (κ1) is 10.9. The van der Waals surface area contributed by atoms with Crippen LogP contribution in [0.25, 0.3) is 0 Å². The van der Waals surface area contributed by atoms with Crippen LogP contribution in [-0.2, 0) is 6.54 Å². The highest BCUT2D eigenvalue weighted by atomic mass is 16.5. The lowest BCUT2D eigenvalue weighted by Crippen LogP contribution is -2.36. The van der Waals surface area contributed by atoms with Gasteiger partial charge in [0, 0.05) is 12.0 Å². The first-order chi connectivity index (χ1) is 7.65. The average molecular weight is 223 g/mol. The van der Waals surface area contributed by atoms with Crippen LogP contribution in [0.15, 0.2) is 9.52 Å². The number of guanidine groups is 1. The van der Waals surface area contributed by atoms with Crippen LogP contribution < -0.4 is 11.1 Å². The molecule has 6 nitrogen and oxygen atoms in total. The van der Waals surface area contributed by atoms with Crippen LogP contribution in [0, 0.1) is 0 Å². The quantitative estimate of drug-likeness (QED) is 0.581. The van der Waals surface area contributed by atoms with Crippen LogP contribution >= 0.6 is 0 Å². The molecule has 0 unspecified atom stereocenters. The van der Waals surface area contributed by atoms with Crippen LogP contribution in [-0.4, -0.2) is 22.1 Å². The van der Waals surface area contributed by atoms with Crippen LogP contribution in [0.4, 0.5) is 0 Å². The molecule has 0 amide bonds. The van der Waals surface area contributed by atoms with E-state index in [0.717, 1.165) is 18.7 Å². The summed E-state index contributed by atoms with van der Waals surface area (Å²) in [6, 6.07) is 0.274. The van der Waals surface area contributed by atoms with Gasteiger partial charge in [0.05, 0.1) is 0 Å². The van der Waals surface area contributed by atoms with Crippen molar-refractivity contribution < 1.29 is 4.52 Å². The SMILES string of the molecule is CC(C)NC(N)=NCc1noc(C2CC2)n1. The van der Waals surface area contributed by atoms with Crippen molar-refractivity contribution in [3.05, 3.63) is 11.7 Å².